The van der Waals surface area contributed by atoms with Gasteiger partial charge in [0.05, 0.1) is 0 Å². The first-order valence-electron chi connectivity index (χ1n) is 5.21. The van der Waals surface area contributed by atoms with E-state index in [-0.39, 0.29) is 0 Å². The molecular weight excluding hydrogens is 326 g/mol. The van der Waals surface area contributed by atoms with E-state index in [1.54, 1.807) is 4.26 Å². The second-order valence-corrected chi connectivity index (χ2v) is 9.99. The molecule has 0 spiro atoms. The molecular formula is C14H8Se2. The molecule has 0 saturated carbocycles. The average Bonchev–Trinajstić information content (AvgIpc) is 2.92. The predicted octanol–water partition coefficient (Wildman–Crippen LogP) is 3.26. The molecule has 1 aromatic heterocycles. The van der Waals surface area contributed by atoms with Crippen molar-refractivity contribution >= 4 is 56.5 Å². The molecule has 0 aliphatic carbocycles. The van der Waals surface area contributed by atoms with Crippen LogP contribution in [0.5, 0.6) is 0 Å². The molecule has 0 fully saturated rings. The first-order chi connectivity index (χ1) is 7.93. The average molecular weight is 334 g/mol. The minimum absolute atomic E-state index is 0.715. The van der Waals surface area contributed by atoms with Gasteiger partial charge in [-0.3, -0.25) is 0 Å². The Morgan fingerprint density at radius 2 is 1.69 bits per heavy atom. The van der Waals surface area contributed by atoms with Crippen molar-refractivity contribution in [3.05, 3.63) is 47.4 Å². The van der Waals surface area contributed by atoms with Gasteiger partial charge in [-0.2, -0.15) is 0 Å². The number of hydrogen-bond acceptors (Lipinski definition) is 0. The molecule has 16 heavy (non-hydrogen) atoms. The summed E-state index contributed by atoms with van der Waals surface area (Å²) in [5, 5.41) is 7.26. The number of rotatable bonds is 0. The topological polar surface area (TPSA) is 0 Å². The zero-order valence-electron chi connectivity index (χ0n) is 8.44. The third-order valence-electron chi connectivity index (χ3n) is 3.08. The first-order valence-corrected chi connectivity index (χ1v) is 11.4. The van der Waals surface area contributed by atoms with E-state index < -0.39 is 0 Å². The zero-order chi connectivity index (χ0) is 10.5. The van der Waals surface area contributed by atoms with E-state index in [4.69, 9.17) is 0 Å². The van der Waals surface area contributed by atoms with Crippen LogP contribution in [0.4, 0.5) is 0 Å². The Balaban J connectivity index is 2.38. The fourth-order valence-electron chi connectivity index (χ4n) is 2.33. The van der Waals surface area contributed by atoms with E-state index in [1.807, 2.05) is 0 Å². The Hall–Kier alpha value is -0.781. The second-order valence-electron chi connectivity index (χ2n) is 3.97. The van der Waals surface area contributed by atoms with E-state index >= 15 is 0 Å². The van der Waals surface area contributed by atoms with Crippen molar-refractivity contribution in [1.29, 1.82) is 0 Å². The molecule has 2 heteroatoms. The Labute approximate surface area is 104 Å². The SMILES string of the molecule is c1ccc2c(c1)cc1c2ccc2c[se][se]c21. The van der Waals surface area contributed by atoms with Crippen molar-refractivity contribution in [2.24, 2.45) is 0 Å². The summed E-state index contributed by atoms with van der Waals surface area (Å²) in [6.07, 6.45) is 0. The molecule has 4 rings (SSSR count). The van der Waals surface area contributed by atoms with Crippen LogP contribution >= 0.6 is 0 Å². The predicted molar refractivity (Wildman–Crippen MR) is 72.8 cm³/mol. The van der Waals surface area contributed by atoms with E-state index in [9.17, 15) is 0 Å². The molecule has 0 saturated heterocycles. The van der Waals surface area contributed by atoms with Crippen molar-refractivity contribution in [3.8, 4) is 0 Å². The van der Waals surface area contributed by atoms with Crippen LogP contribution in [0.15, 0.2) is 47.4 Å². The summed E-state index contributed by atoms with van der Waals surface area (Å²) in [4.78, 5) is 2.44. The van der Waals surface area contributed by atoms with Gasteiger partial charge in [0, 0.05) is 0 Å². The van der Waals surface area contributed by atoms with Gasteiger partial charge < -0.3 is 0 Å². The number of fused-ring (bicyclic) bond motifs is 5. The van der Waals surface area contributed by atoms with Crippen LogP contribution in [0.25, 0.3) is 31.2 Å². The quantitative estimate of drug-likeness (QED) is 0.433. The Bertz CT molecular complexity index is 805. The van der Waals surface area contributed by atoms with Crippen molar-refractivity contribution in [3.63, 3.8) is 0 Å². The summed E-state index contributed by atoms with van der Waals surface area (Å²) in [5.41, 5.74) is 0. The summed E-state index contributed by atoms with van der Waals surface area (Å²) in [5.74, 6) is 0. The molecule has 0 bridgehead atoms. The van der Waals surface area contributed by atoms with Crippen molar-refractivity contribution < 1.29 is 0 Å². The maximum absolute atomic E-state index is 2.44. The van der Waals surface area contributed by atoms with Gasteiger partial charge in [0.2, 0.25) is 0 Å². The fraction of sp³-hybridized carbons (Fsp3) is 0. The fourth-order valence-corrected chi connectivity index (χ4v) is 9.38. The molecule has 0 atom stereocenters. The summed E-state index contributed by atoms with van der Waals surface area (Å²) >= 11 is 1.46. The monoisotopic (exact) mass is 336 g/mol. The van der Waals surface area contributed by atoms with E-state index in [2.05, 4.69) is 47.4 Å². The van der Waals surface area contributed by atoms with Crippen LogP contribution in [0.1, 0.15) is 0 Å². The Morgan fingerprint density at radius 3 is 2.69 bits per heavy atom. The molecule has 1 heterocycles. The molecule has 0 aliphatic rings. The Kier molecular flexibility index (Phi) is 1.94. The van der Waals surface area contributed by atoms with Crippen molar-refractivity contribution in [2.45, 2.75) is 0 Å². The molecule has 0 nitrogen and oxygen atoms in total. The first kappa shape index (κ1) is 9.27. The van der Waals surface area contributed by atoms with E-state index in [1.165, 1.54) is 26.9 Å². The number of hydrogen-bond donors (Lipinski definition) is 0. The van der Waals surface area contributed by atoms with Gasteiger partial charge in [0.25, 0.3) is 0 Å². The van der Waals surface area contributed by atoms with Crippen LogP contribution in [0.3, 0.4) is 0 Å². The molecule has 0 unspecified atom stereocenters. The van der Waals surface area contributed by atoms with Gasteiger partial charge in [0.1, 0.15) is 0 Å². The van der Waals surface area contributed by atoms with Crippen molar-refractivity contribution in [2.75, 3.05) is 0 Å². The van der Waals surface area contributed by atoms with Gasteiger partial charge in [-0.05, 0) is 0 Å². The maximum atomic E-state index is 2.44. The number of benzene rings is 2. The van der Waals surface area contributed by atoms with Gasteiger partial charge in [-0.15, -0.1) is 0 Å². The van der Waals surface area contributed by atoms with E-state index in [0.29, 0.717) is 12.6 Å². The molecule has 0 amide bonds. The van der Waals surface area contributed by atoms with Gasteiger partial charge >= 0.3 is 104 Å². The molecule has 0 N–H and O–H groups in total. The summed E-state index contributed by atoms with van der Waals surface area (Å²) in [6, 6.07) is 15.7. The molecule has 0 aliphatic heterocycles. The molecule has 76 valence electrons. The Morgan fingerprint density at radius 1 is 0.750 bits per heavy atom. The van der Waals surface area contributed by atoms with E-state index in [0.717, 1.165) is 12.6 Å². The van der Waals surface area contributed by atoms with Gasteiger partial charge in [0.15, 0.2) is 0 Å². The van der Waals surface area contributed by atoms with Crippen LogP contribution in [-0.2, 0) is 0 Å². The van der Waals surface area contributed by atoms with Crippen LogP contribution in [-0.4, -0.2) is 25.3 Å². The normalized spacial score (nSPS) is 11.8. The second kappa shape index (κ2) is 3.35. The third-order valence-corrected chi connectivity index (χ3v) is 9.24. The summed E-state index contributed by atoms with van der Waals surface area (Å²) in [7, 11) is 0. The third kappa shape index (κ3) is 1.16. The standard InChI is InChI=1S/C14H8Se2/c1-2-4-11-9(3-1)7-13-12(11)6-5-10-8-15-16-14(10)13/h1-8H. The van der Waals surface area contributed by atoms with Crippen LogP contribution in [0, 0.1) is 0 Å². The van der Waals surface area contributed by atoms with Crippen LogP contribution in [0.2, 0.25) is 0 Å². The van der Waals surface area contributed by atoms with Gasteiger partial charge in [-0.25, -0.2) is 0 Å². The summed E-state index contributed by atoms with van der Waals surface area (Å²) in [6.45, 7) is 0. The molecule has 0 radical (unpaired) electrons. The molecule has 3 aromatic carbocycles. The minimum atomic E-state index is 0.715. The summed E-state index contributed by atoms with van der Waals surface area (Å²) < 4.78 is 1.64. The van der Waals surface area contributed by atoms with Crippen molar-refractivity contribution in [1.82, 2.24) is 0 Å². The van der Waals surface area contributed by atoms with Gasteiger partial charge in [-0.1, -0.05) is 0 Å². The molecule has 4 aromatic rings. The zero-order valence-corrected chi connectivity index (χ0v) is 11.9. The van der Waals surface area contributed by atoms with Crippen LogP contribution < -0.4 is 0 Å².